The maximum Gasteiger partial charge on any atom is 0.239 e. The SMILES string of the molecule is CC1Cc2cc(S(N)(=O)=O)ccc2N1CC(=O)NC1CCCC1. The van der Waals surface area contributed by atoms with Crippen molar-refractivity contribution in [3.63, 3.8) is 0 Å². The number of anilines is 1. The van der Waals surface area contributed by atoms with Crippen LogP contribution in [0.25, 0.3) is 0 Å². The molecule has 1 aliphatic heterocycles. The summed E-state index contributed by atoms with van der Waals surface area (Å²) in [6.07, 6.45) is 5.22. The highest BCUT2D eigenvalue weighted by atomic mass is 32.2. The molecule has 7 heteroatoms. The van der Waals surface area contributed by atoms with E-state index in [0.717, 1.165) is 30.5 Å². The Kier molecular flexibility index (Phi) is 4.33. The van der Waals surface area contributed by atoms with E-state index in [4.69, 9.17) is 5.14 Å². The summed E-state index contributed by atoms with van der Waals surface area (Å²) in [5.41, 5.74) is 1.85. The van der Waals surface area contributed by atoms with Crippen LogP contribution in [-0.4, -0.2) is 33.0 Å². The average Bonchev–Trinajstić information content (AvgIpc) is 3.06. The molecule has 1 amide bonds. The van der Waals surface area contributed by atoms with Gasteiger partial charge in [0.05, 0.1) is 11.4 Å². The topological polar surface area (TPSA) is 92.5 Å². The molecule has 1 fully saturated rings. The van der Waals surface area contributed by atoms with Gasteiger partial charge in [0.25, 0.3) is 0 Å². The normalized spacial score (nSPS) is 21.5. The number of nitrogens with one attached hydrogen (secondary N) is 1. The summed E-state index contributed by atoms with van der Waals surface area (Å²) in [4.78, 5) is 14.4. The fraction of sp³-hybridized carbons (Fsp3) is 0.562. The number of carbonyl (C=O) groups excluding carboxylic acids is 1. The van der Waals surface area contributed by atoms with Gasteiger partial charge in [-0.1, -0.05) is 12.8 Å². The Morgan fingerprint density at radius 2 is 2.04 bits per heavy atom. The molecule has 0 saturated heterocycles. The lowest BCUT2D eigenvalue weighted by Gasteiger charge is -2.25. The van der Waals surface area contributed by atoms with E-state index in [-0.39, 0.29) is 16.8 Å². The molecule has 1 saturated carbocycles. The number of benzene rings is 1. The van der Waals surface area contributed by atoms with Gasteiger partial charge in [-0.15, -0.1) is 0 Å². The van der Waals surface area contributed by atoms with Crippen LogP contribution in [0.3, 0.4) is 0 Å². The molecule has 0 bridgehead atoms. The minimum atomic E-state index is -3.70. The zero-order valence-electron chi connectivity index (χ0n) is 13.3. The fourth-order valence-corrected chi connectivity index (χ4v) is 4.15. The molecule has 126 valence electrons. The van der Waals surface area contributed by atoms with Crippen LogP contribution in [0.5, 0.6) is 0 Å². The highest BCUT2D eigenvalue weighted by molar-refractivity contribution is 7.89. The van der Waals surface area contributed by atoms with E-state index in [1.165, 1.54) is 18.9 Å². The summed E-state index contributed by atoms with van der Waals surface area (Å²) in [7, 11) is -3.70. The van der Waals surface area contributed by atoms with Gasteiger partial charge in [-0.2, -0.15) is 0 Å². The van der Waals surface area contributed by atoms with Crippen molar-refractivity contribution < 1.29 is 13.2 Å². The largest absolute Gasteiger partial charge is 0.359 e. The van der Waals surface area contributed by atoms with Crippen molar-refractivity contribution in [3.05, 3.63) is 23.8 Å². The minimum absolute atomic E-state index is 0.0344. The van der Waals surface area contributed by atoms with E-state index in [0.29, 0.717) is 12.6 Å². The van der Waals surface area contributed by atoms with Crippen molar-refractivity contribution >= 4 is 21.6 Å². The maximum absolute atomic E-state index is 12.3. The molecule has 23 heavy (non-hydrogen) atoms. The third kappa shape index (κ3) is 3.50. The van der Waals surface area contributed by atoms with E-state index >= 15 is 0 Å². The molecule has 3 N–H and O–H groups in total. The molecule has 1 unspecified atom stereocenters. The van der Waals surface area contributed by atoms with Crippen molar-refractivity contribution in [3.8, 4) is 0 Å². The van der Waals surface area contributed by atoms with Crippen LogP contribution in [0.1, 0.15) is 38.2 Å². The number of sulfonamides is 1. The van der Waals surface area contributed by atoms with Gasteiger partial charge in [-0.05, 0) is 49.9 Å². The van der Waals surface area contributed by atoms with E-state index in [1.807, 2.05) is 11.8 Å². The predicted octanol–water partition coefficient (Wildman–Crippen LogP) is 1.14. The van der Waals surface area contributed by atoms with Crippen LogP contribution < -0.4 is 15.4 Å². The summed E-state index contributed by atoms with van der Waals surface area (Å²) in [5.74, 6) is 0.0344. The first-order valence-electron chi connectivity index (χ1n) is 8.06. The molecule has 1 atom stereocenters. The Hall–Kier alpha value is -1.60. The highest BCUT2D eigenvalue weighted by Crippen LogP contribution is 2.33. The Morgan fingerprint density at radius 3 is 2.70 bits per heavy atom. The quantitative estimate of drug-likeness (QED) is 0.862. The Labute approximate surface area is 137 Å². The second-order valence-corrected chi connectivity index (χ2v) is 8.13. The van der Waals surface area contributed by atoms with Crippen LogP contribution in [0, 0.1) is 0 Å². The molecule has 2 aliphatic rings. The molecule has 6 nitrogen and oxygen atoms in total. The number of nitrogens with two attached hydrogens (primary N) is 1. The van der Waals surface area contributed by atoms with Gasteiger partial charge in [0.1, 0.15) is 0 Å². The van der Waals surface area contributed by atoms with Crippen molar-refractivity contribution in [2.45, 2.75) is 56.0 Å². The minimum Gasteiger partial charge on any atom is -0.359 e. The summed E-state index contributed by atoms with van der Waals surface area (Å²) in [6, 6.07) is 5.35. The molecule has 0 spiro atoms. The smallest absolute Gasteiger partial charge is 0.239 e. The molecule has 1 aliphatic carbocycles. The van der Waals surface area contributed by atoms with Crippen LogP contribution >= 0.6 is 0 Å². The van der Waals surface area contributed by atoms with Crippen LogP contribution in [0.2, 0.25) is 0 Å². The summed E-state index contributed by atoms with van der Waals surface area (Å²) in [5, 5.41) is 8.28. The van der Waals surface area contributed by atoms with E-state index in [9.17, 15) is 13.2 Å². The number of rotatable bonds is 4. The molecular weight excluding hydrogens is 314 g/mol. The van der Waals surface area contributed by atoms with Crippen LogP contribution in [0.4, 0.5) is 5.69 Å². The van der Waals surface area contributed by atoms with Gasteiger partial charge in [0, 0.05) is 17.8 Å². The Balaban J connectivity index is 1.73. The van der Waals surface area contributed by atoms with Crippen molar-refractivity contribution in [2.24, 2.45) is 5.14 Å². The van der Waals surface area contributed by atoms with Crippen LogP contribution in [0.15, 0.2) is 23.1 Å². The van der Waals surface area contributed by atoms with Crippen molar-refractivity contribution in [1.82, 2.24) is 5.32 Å². The fourth-order valence-electron chi connectivity index (χ4n) is 3.59. The lowest BCUT2D eigenvalue weighted by Crippen LogP contribution is -2.43. The highest BCUT2D eigenvalue weighted by Gasteiger charge is 2.29. The first-order valence-corrected chi connectivity index (χ1v) is 9.61. The van der Waals surface area contributed by atoms with Gasteiger partial charge in [0.2, 0.25) is 15.9 Å². The lowest BCUT2D eigenvalue weighted by atomic mass is 10.1. The van der Waals surface area contributed by atoms with Gasteiger partial charge >= 0.3 is 0 Å². The first-order chi connectivity index (χ1) is 10.8. The van der Waals surface area contributed by atoms with E-state index in [2.05, 4.69) is 5.32 Å². The van der Waals surface area contributed by atoms with Crippen molar-refractivity contribution in [1.29, 1.82) is 0 Å². The van der Waals surface area contributed by atoms with Gasteiger partial charge in [-0.3, -0.25) is 4.79 Å². The average molecular weight is 337 g/mol. The third-order valence-electron chi connectivity index (χ3n) is 4.77. The Bertz CT molecular complexity index is 711. The van der Waals surface area contributed by atoms with E-state index in [1.54, 1.807) is 12.1 Å². The number of nitrogens with zero attached hydrogens (tertiary/aromatic N) is 1. The molecule has 0 aromatic heterocycles. The lowest BCUT2D eigenvalue weighted by molar-refractivity contribution is -0.120. The summed E-state index contributed by atoms with van der Waals surface area (Å²) < 4.78 is 22.9. The zero-order valence-corrected chi connectivity index (χ0v) is 14.1. The summed E-state index contributed by atoms with van der Waals surface area (Å²) >= 11 is 0. The third-order valence-corrected chi connectivity index (χ3v) is 5.68. The number of primary sulfonamides is 1. The maximum atomic E-state index is 12.3. The van der Waals surface area contributed by atoms with Crippen LogP contribution in [-0.2, 0) is 21.2 Å². The zero-order chi connectivity index (χ0) is 16.6. The number of amides is 1. The van der Waals surface area contributed by atoms with Gasteiger partial charge < -0.3 is 10.2 Å². The number of hydrogen-bond acceptors (Lipinski definition) is 4. The molecule has 1 aromatic rings. The molecular formula is C16H23N3O3S. The number of carbonyl (C=O) groups is 1. The van der Waals surface area contributed by atoms with E-state index < -0.39 is 10.0 Å². The van der Waals surface area contributed by atoms with Crippen molar-refractivity contribution in [2.75, 3.05) is 11.4 Å². The standard InChI is InChI=1S/C16H23N3O3S/c1-11-8-12-9-14(23(17,21)22)6-7-15(12)19(11)10-16(20)18-13-4-2-3-5-13/h6-7,9,11,13H,2-5,8,10H2,1H3,(H,18,20)(H2,17,21,22). The summed E-state index contributed by atoms with van der Waals surface area (Å²) in [6.45, 7) is 2.35. The first kappa shape index (κ1) is 16.3. The monoisotopic (exact) mass is 337 g/mol. The number of fused-ring (bicyclic) bond motifs is 1. The van der Waals surface area contributed by atoms with Gasteiger partial charge in [0.15, 0.2) is 0 Å². The molecule has 3 rings (SSSR count). The predicted molar refractivity (Wildman–Crippen MR) is 88.7 cm³/mol. The molecule has 1 heterocycles. The second-order valence-electron chi connectivity index (χ2n) is 6.57. The number of hydrogen-bond donors (Lipinski definition) is 2. The second kappa shape index (κ2) is 6.13. The van der Waals surface area contributed by atoms with Gasteiger partial charge in [-0.25, -0.2) is 13.6 Å². The molecule has 0 radical (unpaired) electrons. The Morgan fingerprint density at radius 1 is 1.35 bits per heavy atom. The molecule has 1 aromatic carbocycles.